The van der Waals surface area contributed by atoms with E-state index in [1.54, 1.807) is 31.2 Å². The fourth-order valence-electron chi connectivity index (χ4n) is 2.00. The molecule has 0 spiro atoms. The average Bonchev–Trinajstić information content (AvgIpc) is 2.41. The lowest BCUT2D eigenvalue weighted by Gasteiger charge is -2.13. The molecule has 0 aromatic heterocycles. The van der Waals surface area contributed by atoms with E-state index >= 15 is 0 Å². The maximum absolute atomic E-state index is 12.5. The second-order valence-electron chi connectivity index (χ2n) is 4.96. The van der Waals surface area contributed by atoms with Gasteiger partial charge in [0.05, 0.1) is 10.6 Å². The van der Waals surface area contributed by atoms with Gasteiger partial charge in [-0.25, -0.2) is 8.42 Å². The number of benzene rings is 2. The summed E-state index contributed by atoms with van der Waals surface area (Å²) in [6.07, 6.45) is 0. The molecule has 0 saturated carbocycles. The van der Waals surface area contributed by atoms with Crippen molar-refractivity contribution in [3.05, 3.63) is 59.2 Å². The van der Waals surface area contributed by atoms with Gasteiger partial charge in [-0.15, -0.1) is 0 Å². The van der Waals surface area contributed by atoms with Crippen molar-refractivity contribution in [3.8, 4) is 0 Å². The van der Waals surface area contributed by atoms with Gasteiger partial charge < -0.3 is 0 Å². The minimum absolute atomic E-state index is 0.124. The number of carbonyl (C=O) groups excluding carboxylic acids is 1. The zero-order chi connectivity index (χ0) is 15.6. The van der Waals surface area contributed by atoms with E-state index in [9.17, 15) is 13.2 Å². The lowest BCUT2D eigenvalue weighted by Crippen LogP contribution is -2.15. The van der Waals surface area contributed by atoms with Gasteiger partial charge in [0.15, 0.2) is 5.78 Å². The average molecular weight is 303 g/mol. The Morgan fingerprint density at radius 1 is 1.00 bits per heavy atom. The first-order chi connectivity index (χ1) is 9.81. The van der Waals surface area contributed by atoms with Crippen LogP contribution in [-0.4, -0.2) is 14.2 Å². The van der Waals surface area contributed by atoms with Crippen molar-refractivity contribution in [1.29, 1.82) is 0 Å². The summed E-state index contributed by atoms with van der Waals surface area (Å²) in [5, 5.41) is 0. The van der Waals surface area contributed by atoms with Gasteiger partial charge in [-0.2, -0.15) is 0 Å². The number of sulfonamides is 1. The maximum atomic E-state index is 12.5. The molecule has 4 nitrogen and oxygen atoms in total. The first-order valence-corrected chi connectivity index (χ1v) is 7.99. The fraction of sp³-hybridized carbons (Fsp3) is 0.188. The molecule has 0 amide bonds. The molecular weight excluding hydrogens is 286 g/mol. The highest BCUT2D eigenvalue weighted by atomic mass is 32.2. The molecule has 0 aliphatic heterocycles. The van der Waals surface area contributed by atoms with E-state index in [0.717, 1.165) is 5.56 Å². The largest absolute Gasteiger partial charge is 0.295 e. The predicted octanol–water partition coefficient (Wildman–Crippen LogP) is 3.31. The summed E-state index contributed by atoms with van der Waals surface area (Å²) in [7, 11) is -3.72. The van der Waals surface area contributed by atoms with Crippen LogP contribution in [0, 0.1) is 13.8 Å². The minimum atomic E-state index is -3.72. The number of para-hydroxylation sites is 1. The quantitative estimate of drug-likeness (QED) is 0.881. The second-order valence-corrected chi connectivity index (χ2v) is 6.61. The zero-order valence-electron chi connectivity index (χ0n) is 12.2. The number of carbonyl (C=O) groups is 1. The number of rotatable bonds is 4. The number of nitrogens with one attached hydrogen (secondary N) is 1. The molecule has 5 heteroatoms. The Bertz CT molecular complexity index is 795. The molecule has 0 bridgehead atoms. The third-order valence-electron chi connectivity index (χ3n) is 3.27. The first-order valence-electron chi connectivity index (χ1n) is 6.51. The Labute approximate surface area is 124 Å². The van der Waals surface area contributed by atoms with E-state index in [2.05, 4.69) is 4.72 Å². The van der Waals surface area contributed by atoms with Crippen LogP contribution in [0.2, 0.25) is 0 Å². The maximum Gasteiger partial charge on any atom is 0.262 e. The van der Waals surface area contributed by atoms with Crippen LogP contribution >= 0.6 is 0 Å². The highest BCUT2D eigenvalue weighted by Gasteiger charge is 2.19. The minimum Gasteiger partial charge on any atom is -0.295 e. The molecule has 0 unspecified atom stereocenters. The summed E-state index contributed by atoms with van der Waals surface area (Å²) >= 11 is 0. The zero-order valence-corrected chi connectivity index (χ0v) is 13.0. The van der Waals surface area contributed by atoms with Crippen LogP contribution in [0.15, 0.2) is 47.4 Å². The highest BCUT2D eigenvalue weighted by Crippen LogP contribution is 2.22. The molecule has 0 aliphatic rings. The topological polar surface area (TPSA) is 63.2 Å². The number of aryl methyl sites for hydroxylation is 2. The fourth-order valence-corrected chi connectivity index (χ4v) is 3.40. The summed E-state index contributed by atoms with van der Waals surface area (Å²) in [5.74, 6) is -0.164. The molecule has 2 aromatic rings. The SMILES string of the molecule is CC(=O)c1ccc(C)c(S(=O)(=O)Nc2ccccc2C)c1. The summed E-state index contributed by atoms with van der Waals surface area (Å²) in [4.78, 5) is 11.6. The highest BCUT2D eigenvalue weighted by molar-refractivity contribution is 7.92. The van der Waals surface area contributed by atoms with Crippen molar-refractivity contribution in [2.75, 3.05) is 4.72 Å². The van der Waals surface area contributed by atoms with Crippen LogP contribution in [0.25, 0.3) is 0 Å². The summed E-state index contributed by atoms with van der Waals surface area (Å²) in [5.41, 5.74) is 2.35. The summed E-state index contributed by atoms with van der Waals surface area (Å²) in [6, 6.07) is 11.8. The molecule has 2 aromatic carbocycles. The normalized spacial score (nSPS) is 11.2. The summed E-state index contributed by atoms with van der Waals surface area (Å²) in [6.45, 7) is 4.95. The van der Waals surface area contributed by atoms with Crippen molar-refractivity contribution < 1.29 is 13.2 Å². The van der Waals surface area contributed by atoms with Crippen LogP contribution in [0.3, 0.4) is 0 Å². The van der Waals surface area contributed by atoms with E-state index in [1.807, 2.05) is 19.1 Å². The van der Waals surface area contributed by atoms with Gasteiger partial charge in [-0.05, 0) is 44.0 Å². The van der Waals surface area contributed by atoms with Gasteiger partial charge in [0, 0.05) is 5.56 Å². The smallest absolute Gasteiger partial charge is 0.262 e. The Balaban J connectivity index is 2.47. The van der Waals surface area contributed by atoms with E-state index in [1.165, 1.54) is 13.0 Å². The van der Waals surface area contributed by atoms with Crippen LogP contribution < -0.4 is 4.72 Å². The van der Waals surface area contributed by atoms with Crippen LogP contribution in [0.4, 0.5) is 5.69 Å². The molecule has 1 N–H and O–H groups in total. The lowest BCUT2D eigenvalue weighted by molar-refractivity contribution is 0.101. The van der Waals surface area contributed by atoms with E-state index < -0.39 is 10.0 Å². The van der Waals surface area contributed by atoms with E-state index in [4.69, 9.17) is 0 Å². The van der Waals surface area contributed by atoms with Gasteiger partial charge in [0.2, 0.25) is 0 Å². The molecule has 21 heavy (non-hydrogen) atoms. The third kappa shape index (κ3) is 3.31. The number of ketones is 1. The van der Waals surface area contributed by atoms with Gasteiger partial charge in [0.1, 0.15) is 0 Å². The van der Waals surface area contributed by atoms with Crippen LogP contribution in [0.5, 0.6) is 0 Å². The molecule has 0 heterocycles. The molecule has 0 saturated heterocycles. The number of hydrogen-bond donors (Lipinski definition) is 1. The standard InChI is InChI=1S/C16H17NO3S/c1-11-6-4-5-7-15(11)17-21(19,20)16-10-14(13(3)18)9-8-12(16)2/h4-10,17H,1-3H3. The molecule has 0 aliphatic carbocycles. The van der Waals surface area contributed by atoms with Crippen LogP contribution in [0.1, 0.15) is 28.4 Å². The molecule has 0 fully saturated rings. The van der Waals surface area contributed by atoms with Crippen molar-refractivity contribution >= 4 is 21.5 Å². The van der Waals surface area contributed by atoms with E-state index in [0.29, 0.717) is 16.8 Å². The Morgan fingerprint density at radius 3 is 2.29 bits per heavy atom. The van der Waals surface area contributed by atoms with Crippen molar-refractivity contribution in [1.82, 2.24) is 0 Å². The number of hydrogen-bond acceptors (Lipinski definition) is 3. The Kier molecular flexibility index (Phi) is 4.14. The van der Waals surface area contributed by atoms with Crippen LogP contribution in [-0.2, 0) is 10.0 Å². The first kappa shape index (κ1) is 15.3. The molecule has 110 valence electrons. The summed E-state index contributed by atoms with van der Waals surface area (Å²) < 4.78 is 27.6. The monoisotopic (exact) mass is 303 g/mol. The predicted molar refractivity (Wildman–Crippen MR) is 83.2 cm³/mol. The van der Waals surface area contributed by atoms with Gasteiger partial charge >= 0.3 is 0 Å². The van der Waals surface area contributed by atoms with Crippen molar-refractivity contribution in [3.63, 3.8) is 0 Å². The van der Waals surface area contributed by atoms with Gasteiger partial charge in [-0.1, -0.05) is 30.3 Å². The second kappa shape index (κ2) is 5.69. The van der Waals surface area contributed by atoms with Crippen molar-refractivity contribution in [2.24, 2.45) is 0 Å². The van der Waals surface area contributed by atoms with E-state index in [-0.39, 0.29) is 10.7 Å². The lowest BCUT2D eigenvalue weighted by atomic mass is 10.1. The van der Waals surface area contributed by atoms with Gasteiger partial charge in [-0.3, -0.25) is 9.52 Å². The number of Topliss-reactive ketones (excluding diaryl/α,β-unsaturated/α-hetero) is 1. The molecule has 0 radical (unpaired) electrons. The molecular formula is C16H17NO3S. The van der Waals surface area contributed by atoms with Gasteiger partial charge in [0.25, 0.3) is 10.0 Å². The Hall–Kier alpha value is -2.14. The molecule has 2 rings (SSSR count). The van der Waals surface area contributed by atoms with Crippen molar-refractivity contribution in [2.45, 2.75) is 25.7 Å². The molecule has 0 atom stereocenters. The Morgan fingerprint density at radius 2 is 1.67 bits per heavy atom. The number of anilines is 1. The third-order valence-corrected chi connectivity index (χ3v) is 4.78.